The second-order valence-corrected chi connectivity index (χ2v) is 5.79. The van der Waals surface area contributed by atoms with E-state index < -0.39 is 0 Å². The summed E-state index contributed by atoms with van der Waals surface area (Å²) < 4.78 is 0.925. The predicted molar refractivity (Wildman–Crippen MR) is 84.7 cm³/mol. The number of amides is 1. The van der Waals surface area contributed by atoms with Gasteiger partial charge in [0.2, 0.25) is 0 Å². The molecule has 1 saturated heterocycles. The Morgan fingerprint density at radius 2 is 2.33 bits per heavy atom. The first-order valence-corrected chi connectivity index (χ1v) is 7.06. The maximum absolute atomic E-state index is 12.0. The molecule has 2 rings (SSSR count). The van der Waals surface area contributed by atoms with Crippen molar-refractivity contribution in [2.24, 2.45) is 5.92 Å². The van der Waals surface area contributed by atoms with Crippen LogP contribution in [-0.2, 0) is 0 Å². The molecule has 1 aliphatic rings. The topological polar surface area (TPSA) is 41.1 Å². The van der Waals surface area contributed by atoms with Crippen LogP contribution in [0.1, 0.15) is 16.8 Å². The van der Waals surface area contributed by atoms with E-state index >= 15 is 0 Å². The lowest BCUT2D eigenvalue weighted by Crippen LogP contribution is -2.30. The molecule has 1 heterocycles. The first kappa shape index (κ1) is 16.0. The van der Waals surface area contributed by atoms with Crippen LogP contribution in [0.2, 0.25) is 5.02 Å². The molecule has 0 bridgehead atoms. The van der Waals surface area contributed by atoms with Crippen LogP contribution in [0.5, 0.6) is 0 Å². The van der Waals surface area contributed by atoms with Crippen molar-refractivity contribution in [2.75, 3.05) is 19.6 Å². The van der Waals surface area contributed by atoms with Gasteiger partial charge in [-0.25, -0.2) is 0 Å². The number of nitrogens with one attached hydrogen (secondary N) is 2. The molecule has 1 amide bonds. The normalized spacial score (nSPS) is 18.2. The molecule has 1 aromatic rings. The molecule has 6 heteroatoms. The molecule has 0 aliphatic carbocycles. The Kier molecular flexibility index (Phi) is 6.70. The van der Waals surface area contributed by atoms with Gasteiger partial charge in [0.05, 0.1) is 5.56 Å². The van der Waals surface area contributed by atoms with Gasteiger partial charge in [0.1, 0.15) is 0 Å². The smallest absolute Gasteiger partial charge is 0.252 e. The van der Waals surface area contributed by atoms with Crippen LogP contribution in [0.3, 0.4) is 0 Å². The molecule has 18 heavy (non-hydrogen) atoms. The average Bonchev–Trinajstić information content (AvgIpc) is 2.82. The highest BCUT2D eigenvalue weighted by molar-refractivity contribution is 14.1. The highest BCUT2D eigenvalue weighted by atomic mass is 127. The van der Waals surface area contributed by atoms with Crippen LogP contribution in [-0.4, -0.2) is 25.5 Å². The van der Waals surface area contributed by atoms with Gasteiger partial charge >= 0.3 is 0 Å². The van der Waals surface area contributed by atoms with Crippen molar-refractivity contribution >= 4 is 52.5 Å². The zero-order valence-corrected chi connectivity index (χ0v) is 13.4. The molecule has 0 aromatic heterocycles. The van der Waals surface area contributed by atoms with Crippen LogP contribution in [0, 0.1) is 9.49 Å². The van der Waals surface area contributed by atoms with Crippen molar-refractivity contribution < 1.29 is 4.79 Å². The molecule has 3 nitrogen and oxygen atoms in total. The summed E-state index contributed by atoms with van der Waals surface area (Å²) in [5.74, 6) is 0.514. The van der Waals surface area contributed by atoms with Gasteiger partial charge < -0.3 is 10.6 Å². The molecule has 1 aliphatic heterocycles. The molecule has 0 radical (unpaired) electrons. The lowest BCUT2D eigenvalue weighted by Gasteiger charge is -2.11. The van der Waals surface area contributed by atoms with Gasteiger partial charge in [-0.05, 0) is 66.2 Å². The molecule has 0 spiro atoms. The van der Waals surface area contributed by atoms with Crippen LogP contribution < -0.4 is 10.6 Å². The van der Waals surface area contributed by atoms with Gasteiger partial charge in [-0.3, -0.25) is 4.79 Å². The summed E-state index contributed by atoms with van der Waals surface area (Å²) in [5, 5.41) is 6.84. The number of carbonyl (C=O) groups is 1. The fourth-order valence-corrected chi connectivity index (χ4v) is 2.64. The van der Waals surface area contributed by atoms with Crippen molar-refractivity contribution in [1.29, 1.82) is 0 Å². The number of carbonyl (C=O) groups excluding carboxylic acids is 1. The first-order valence-electron chi connectivity index (χ1n) is 5.61. The maximum Gasteiger partial charge on any atom is 0.252 e. The maximum atomic E-state index is 12.0. The van der Waals surface area contributed by atoms with Crippen LogP contribution in [0.4, 0.5) is 0 Å². The molecule has 1 unspecified atom stereocenters. The Morgan fingerprint density at radius 1 is 1.56 bits per heavy atom. The third-order valence-corrected chi connectivity index (χ3v) is 4.06. The highest BCUT2D eigenvalue weighted by Gasteiger charge is 2.16. The van der Waals surface area contributed by atoms with E-state index in [0.29, 0.717) is 16.5 Å². The molecular weight excluding hydrogens is 386 g/mol. The minimum Gasteiger partial charge on any atom is -0.352 e. The fourth-order valence-electron chi connectivity index (χ4n) is 1.89. The predicted octanol–water partition coefficient (Wildman–Crippen LogP) is 2.71. The zero-order valence-electron chi connectivity index (χ0n) is 9.71. The third kappa shape index (κ3) is 4.26. The lowest BCUT2D eigenvalue weighted by molar-refractivity contribution is 0.0947. The summed E-state index contributed by atoms with van der Waals surface area (Å²) in [6, 6.07) is 5.36. The molecule has 1 fully saturated rings. The summed E-state index contributed by atoms with van der Waals surface area (Å²) in [7, 11) is 0. The fraction of sp³-hybridized carbons (Fsp3) is 0.417. The number of rotatable bonds is 3. The molecule has 1 aromatic carbocycles. The van der Waals surface area contributed by atoms with E-state index in [1.54, 1.807) is 12.1 Å². The summed E-state index contributed by atoms with van der Waals surface area (Å²) >= 11 is 8.04. The van der Waals surface area contributed by atoms with Gasteiger partial charge in [0.25, 0.3) is 5.91 Å². The van der Waals surface area contributed by atoms with E-state index in [1.165, 1.54) is 0 Å². The summed E-state index contributed by atoms with van der Waals surface area (Å²) in [6.07, 6.45) is 1.13. The van der Waals surface area contributed by atoms with E-state index in [9.17, 15) is 4.79 Å². The quantitative estimate of drug-likeness (QED) is 0.766. The SMILES string of the molecule is Cl.O=C(NCC1CCNC1)c1cc(Cl)ccc1I. The molecule has 0 saturated carbocycles. The highest BCUT2D eigenvalue weighted by Crippen LogP contribution is 2.18. The number of hydrogen-bond acceptors (Lipinski definition) is 2. The number of halogens is 3. The van der Waals surface area contributed by atoms with Crippen molar-refractivity contribution in [3.63, 3.8) is 0 Å². The lowest BCUT2D eigenvalue weighted by atomic mass is 10.1. The van der Waals surface area contributed by atoms with Gasteiger partial charge in [-0.2, -0.15) is 0 Å². The van der Waals surface area contributed by atoms with E-state index in [1.807, 2.05) is 6.07 Å². The summed E-state index contributed by atoms with van der Waals surface area (Å²) in [5.41, 5.74) is 0.657. The standard InChI is InChI=1S/C12H14ClIN2O.ClH/c13-9-1-2-11(14)10(5-9)12(17)16-7-8-3-4-15-6-8;/h1-2,5,8,15H,3-4,6-7H2,(H,16,17);1H. The Balaban J connectivity index is 0.00000162. The number of benzene rings is 1. The van der Waals surface area contributed by atoms with Gasteiger partial charge in [0.15, 0.2) is 0 Å². The van der Waals surface area contributed by atoms with Crippen LogP contribution in [0.25, 0.3) is 0 Å². The molecule has 1 atom stereocenters. The van der Waals surface area contributed by atoms with Crippen molar-refractivity contribution in [3.8, 4) is 0 Å². The van der Waals surface area contributed by atoms with E-state index in [-0.39, 0.29) is 18.3 Å². The van der Waals surface area contributed by atoms with E-state index in [0.717, 1.165) is 29.6 Å². The largest absolute Gasteiger partial charge is 0.352 e. The summed E-state index contributed by atoms with van der Waals surface area (Å²) in [6.45, 7) is 2.77. The summed E-state index contributed by atoms with van der Waals surface area (Å²) in [4.78, 5) is 12.0. The Morgan fingerprint density at radius 3 is 3.00 bits per heavy atom. The van der Waals surface area contributed by atoms with Crippen molar-refractivity contribution in [1.82, 2.24) is 10.6 Å². The first-order chi connectivity index (χ1) is 8.16. The second-order valence-electron chi connectivity index (χ2n) is 4.19. The zero-order chi connectivity index (χ0) is 12.3. The second kappa shape index (κ2) is 7.53. The monoisotopic (exact) mass is 400 g/mol. The van der Waals surface area contributed by atoms with Crippen molar-refractivity contribution in [2.45, 2.75) is 6.42 Å². The van der Waals surface area contributed by atoms with Gasteiger partial charge in [-0.15, -0.1) is 12.4 Å². The molecule has 2 N–H and O–H groups in total. The van der Waals surface area contributed by atoms with Gasteiger partial charge in [-0.1, -0.05) is 11.6 Å². The Labute approximate surface area is 132 Å². The van der Waals surface area contributed by atoms with E-state index in [4.69, 9.17) is 11.6 Å². The van der Waals surface area contributed by atoms with Crippen molar-refractivity contribution in [3.05, 3.63) is 32.4 Å². The van der Waals surface area contributed by atoms with Gasteiger partial charge in [0, 0.05) is 15.1 Å². The average molecular weight is 401 g/mol. The Bertz CT molecular complexity index is 423. The third-order valence-electron chi connectivity index (χ3n) is 2.89. The molecule has 100 valence electrons. The minimum atomic E-state index is -0.0381. The van der Waals surface area contributed by atoms with Crippen LogP contribution >= 0.6 is 46.6 Å². The van der Waals surface area contributed by atoms with Crippen LogP contribution in [0.15, 0.2) is 18.2 Å². The minimum absolute atomic E-state index is 0. The van der Waals surface area contributed by atoms with E-state index in [2.05, 4.69) is 33.2 Å². The molecular formula is C12H15Cl2IN2O. The Hall–Kier alpha value is -0.0400. The number of hydrogen-bond donors (Lipinski definition) is 2.